The molecule has 4 nitrogen and oxygen atoms in total. The maximum Gasteiger partial charge on any atom is 0.308 e. The molecule has 108 valence electrons. The van der Waals surface area contributed by atoms with Crippen LogP contribution in [0.5, 0.6) is 0 Å². The van der Waals surface area contributed by atoms with Crippen molar-refractivity contribution >= 4 is 57.7 Å². The number of carboxylic acids is 1. The standard InChI is InChI=1S/C13H12Cl2INO3/c14-6-4-8(11(16)9(15)5-6)12(18)17-10-3-1-2-7(10)13(19)20/h4-5,7,10H,1-3H2,(H,17,18)(H,19,20). The molecule has 0 radical (unpaired) electrons. The van der Waals surface area contributed by atoms with Gasteiger partial charge in [0.1, 0.15) is 0 Å². The highest BCUT2D eigenvalue weighted by Gasteiger charge is 2.34. The third kappa shape index (κ3) is 3.38. The summed E-state index contributed by atoms with van der Waals surface area (Å²) in [4.78, 5) is 23.4. The highest BCUT2D eigenvalue weighted by Crippen LogP contribution is 2.29. The fourth-order valence-corrected chi connectivity index (χ4v) is 3.45. The number of hydrogen-bond donors (Lipinski definition) is 2. The van der Waals surface area contributed by atoms with Gasteiger partial charge in [-0.1, -0.05) is 29.6 Å². The molecule has 0 aliphatic heterocycles. The van der Waals surface area contributed by atoms with Gasteiger partial charge in [0.25, 0.3) is 5.91 Å². The molecule has 1 aromatic carbocycles. The number of benzene rings is 1. The SMILES string of the molecule is O=C(NC1CCCC1C(=O)O)c1cc(Cl)cc(Cl)c1I. The Morgan fingerprint density at radius 1 is 1.30 bits per heavy atom. The summed E-state index contributed by atoms with van der Waals surface area (Å²) in [6, 6.07) is 2.76. The molecular formula is C13H12Cl2INO3. The molecule has 0 aromatic heterocycles. The zero-order chi connectivity index (χ0) is 14.9. The maximum absolute atomic E-state index is 12.3. The predicted octanol–water partition coefficient (Wildman–Crippen LogP) is 3.58. The number of carboxylic acid groups (broad SMARTS) is 1. The average Bonchev–Trinajstić information content (AvgIpc) is 2.81. The largest absolute Gasteiger partial charge is 0.481 e. The number of carbonyl (C=O) groups excluding carboxylic acids is 1. The van der Waals surface area contributed by atoms with Gasteiger partial charge < -0.3 is 10.4 Å². The van der Waals surface area contributed by atoms with E-state index in [4.69, 9.17) is 28.3 Å². The van der Waals surface area contributed by atoms with E-state index in [0.29, 0.717) is 32.0 Å². The molecule has 20 heavy (non-hydrogen) atoms. The summed E-state index contributed by atoms with van der Waals surface area (Å²) in [6.07, 6.45) is 2.07. The fraction of sp³-hybridized carbons (Fsp3) is 0.385. The molecular weight excluding hydrogens is 416 g/mol. The van der Waals surface area contributed by atoms with Crippen LogP contribution >= 0.6 is 45.8 Å². The van der Waals surface area contributed by atoms with E-state index in [1.165, 1.54) is 6.07 Å². The topological polar surface area (TPSA) is 66.4 Å². The second kappa shape index (κ2) is 6.49. The van der Waals surface area contributed by atoms with Gasteiger partial charge in [-0.2, -0.15) is 0 Å². The van der Waals surface area contributed by atoms with Crippen LogP contribution in [-0.4, -0.2) is 23.0 Å². The van der Waals surface area contributed by atoms with Gasteiger partial charge in [-0.15, -0.1) is 0 Å². The molecule has 0 spiro atoms. The summed E-state index contributed by atoms with van der Waals surface area (Å²) < 4.78 is 0.607. The summed E-state index contributed by atoms with van der Waals surface area (Å²) in [7, 11) is 0. The van der Waals surface area contributed by atoms with Crippen molar-refractivity contribution in [2.24, 2.45) is 5.92 Å². The zero-order valence-electron chi connectivity index (χ0n) is 10.3. The predicted molar refractivity (Wildman–Crippen MR) is 85.4 cm³/mol. The first-order chi connectivity index (χ1) is 9.40. The second-order valence-corrected chi connectivity index (χ2v) is 6.63. The monoisotopic (exact) mass is 427 g/mol. The van der Waals surface area contributed by atoms with Crippen molar-refractivity contribution in [1.82, 2.24) is 5.32 Å². The van der Waals surface area contributed by atoms with Crippen LogP contribution in [0.15, 0.2) is 12.1 Å². The van der Waals surface area contributed by atoms with Crippen LogP contribution in [0.3, 0.4) is 0 Å². The quantitative estimate of drug-likeness (QED) is 0.572. The molecule has 2 unspecified atom stereocenters. The average molecular weight is 428 g/mol. The first-order valence-corrected chi connectivity index (χ1v) is 7.92. The van der Waals surface area contributed by atoms with Crippen LogP contribution in [0, 0.1) is 9.49 Å². The number of hydrogen-bond acceptors (Lipinski definition) is 2. The third-order valence-electron chi connectivity index (χ3n) is 3.39. The first kappa shape index (κ1) is 15.9. The van der Waals surface area contributed by atoms with Crippen molar-refractivity contribution in [3.63, 3.8) is 0 Å². The van der Waals surface area contributed by atoms with Crippen molar-refractivity contribution in [2.45, 2.75) is 25.3 Å². The second-order valence-electron chi connectivity index (χ2n) is 4.70. The van der Waals surface area contributed by atoms with Crippen LogP contribution in [0.2, 0.25) is 10.0 Å². The van der Waals surface area contributed by atoms with Gasteiger partial charge in [0, 0.05) is 14.6 Å². The lowest BCUT2D eigenvalue weighted by Crippen LogP contribution is -2.40. The van der Waals surface area contributed by atoms with Gasteiger partial charge in [-0.05, 0) is 47.6 Å². The van der Waals surface area contributed by atoms with E-state index >= 15 is 0 Å². The Labute approximate surface area is 140 Å². The maximum atomic E-state index is 12.3. The molecule has 2 atom stereocenters. The Morgan fingerprint density at radius 3 is 2.65 bits per heavy atom. The molecule has 0 heterocycles. The van der Waals surface area contributed by atoms with E-state index in [0.717, 1.165) is 6.42 Å². The lowest BCUT2D eigenvalue weighted by atomic mass is 10.0. The molecule has 1 saturated carbocycles. The summed E-state index contributed by atoms with van der Waals surface area (Å²) >= 11 is 13.9. The molecule has 1 aromatic rings. The molecule has 1 aliphatic carbocycles. The number of halogens is 3. The first-order valence-electron chi connectivity index (χ1n) is 6.08. The molecule has 1 amide bonds. The van der Waals surface area contributed by atoms with Gasteiger partial charge in [-0.25, -0.2) is 0 Å². The van der Waals surface area contributed by atoms with Crippen molar-refractivity contribution in [2.75, 3.05) is 0 Å². The van der Waals surface area contributed by atoms with Crippen molar-refractivity contribution in [1.29, 1.82) is 0 Å². The van der Waals surface area contributed by atoms with E-state index in [1.54, 1.807) is 6.07 Å². The van der Waals surface area contributed by atoms with Crippen molar-refractivity contribution in [3.05, 3.63) is 31.3 Å². The zero-order valence-corrected chi connectivity index (χ0v) is 14.0. The minimum atomic E-state index is -0.869. The Kier molecular flexibility index (Phi) is 5.14. The molecule has 2 rings (SSSR count). The van der Waals surface area contributed by atoms with Gasteiger partial charge >= 0.3 is 5.97 Å². The Morgan fingerprint density at radius 2 is 2.00 bits per heavy atom. The van der Waals surface area contributed by atoms with Crippen molar-refractivity contribution in [3.8, 4) is 0 Å². The van der Waals surface area contributed by atoms with Crippen LogP contribution in [0.4, 0.5) is 0 Å². The van der Waals surface area contributed by atoms with E-state index in [-0.39, 0.29) is 11.9 Å². The highest BCUT2D eigenvalue weighted by molar-refractivity contribution is 14.1. The smallest absolute Gasteiger partial charge is 0.308 e. The van der Waals surface area contributed by atoms with Crippen LogP contribution < -0.4 is 5.32 Å². The minimum Gasteiger partial charge on any atom is -0.481 e. The number of nitrogens with one attached hydrogen (secondary N) is 1. The summed E-state index contributed by atoms with van der Waals surface area (Å²) in [5.74, 6) is -1.73. The number of amides is 1. The molecule has 1 aliphatic rings. The lowest BCUT2D eigenvalue weighted by Gasteiger charge is -2.18. The number of aliphatic carboxylic acids is 1. The van der Waals surface area contributed by atoms with E-state index in [2.05, 4.69) is 5.32 Å². The molecule has 0 bridgehead atoms. The van der Waals surface area contributed by atoms with Crippen molar-refractivity contribution < 1.29 is 14.7 Å². The normalized spacial score (nSPS) is 21.8. The minimum absolute atomic E-state index is 0.336. The van der Waals surface area contributed by atoms with Crippen LogP contribution in [-0.2, 0) is 4.79 Å². The van der Waals surface area contributed by atoms with E-state index < -0.39 is 11.9 Å². The molecule has 0 saturated heterocycles. The van der Waals surface area contributed by atoms with Crippen LogP contribution in [0.1, 0.15) is 29.6 Å². The summed E-state index contributed by atoms with van der Waals surface area (Å²) in [5.41, 5.74) is 0.374. The summed E-state index contributed by atoms with van der Waals surface area (Å²) in [5, 5.41) is 12.7. The fourth-order valence-electron chi connectivity index (χ4n) is 2.40. The lowest BCUT2D eigenvalue weighted by molar-refractivity contribution is -0.142. The molecule has 7 heteroatoms. The molecule has 1 fully saturated rings. The van der Waals surface area contributed by atoms with Crippen LogP contribution in [0.25, 0.3) is 0 Å². The third-order valence-corrected chi connectivity index (χ3v) is 5.38. The van der Waals surface area contributed by atoms with Gasteiger partial charge in [0.05, 0.1) is 16.5 Å². The summed E-state index contributed by atoms with van der Waals surface area (Å²) in [6.45, 7) is 0. The van der Waals surface area contributed by atoms with E-state index in [9.17, 15) is 9.59 Å². The van der Waals surface area contributed by atoms with Gasteiger partial charge in [0.15, 0.2) is 0 Å². The van der Waals surface area contributed by atoms with Gasteiger partial charge in [0.2, 0.25) is 0 Å². The van der Waals surface area contributed by atoms with E-state index in [1.807, 2.05) is 22.6 Å². The Hall–Kier alpha value is -0.530. The molecule has 2 N–H and O–H groups in total. The Bertz CT molecular complexity index is 565. The number of rotatable bonds is 3. The highest BCUT2D eigenvalue weighted by atomic mass is 127. The Balaban J connectivity index is 2.18. The van der Waals surface area contributed by atoms with Gasteiger partial charge in [-0.3, -0.25) is 9.59 Å². The number of carbonyl (C=O) groups is 2.